The zero-order valence-electron chi connectivity index (χ0n) is 10.2. The molecule has 1 fully saturated rings. The van der Waals surface area contributed by atoms with Gasteiger partial charge >= 0.3 is 0 Å². The average Bonchev–Trinajstić information content (AvgIpc) is 2.52. The van der Waals surface area contributed by atoms with Gasteiger partial charge in [-0.25, -0.2) is 17.8 Å². The first-order valence-electron chi connectivity index (χ1n) is 5.80. The van der Waals surface area contributed by atoms with Crippen LogP contribution in [0.1, 0.15) is 16.8 Å². The van der Waals surface area contributed by atoms with Crippen molar-refractivity contribution in [1.82, 2.24) is 9.88 Å². The van der Waals surface area contributed by atoms with Crippen LogP contribution in [0.4, 0.5) is 10.2 Å². The minimum Gasteiger partial charge on any atom is -0.383 e. The second kappa shape index (κ2) is 5.12. The molecule has 1 aromatic heterocycles. The zero-order valence-corrected chi connectivity index (χ0v) is 11.0. The molecule has 0 bridgehead atoms. The van der Waals surface area contributed by atoms with Crippen molar-refractivity contribution in [2.75, 3.05) is 30.3 Å². The van der Waals surface area contributed by atoms with Crippen molar-refractivity contribution in [2.24, 2.45) is 0 Å². The lowest BCUT2D eigenvalue weighted by atomic mass is 10.2. The van der Waals surface area contributed by atoms with E-state index in [1.807, 2.05) is 0 Å². The SMILES string of the molecule is Nc1ncc(F)cc1C(=O)N1CCCS(=O)(=O)CC1. The lowest BCUT2D eigenvalue weighted by Gasteiger charge is -2.20. The van der Waals surface area contributed by atoms with Crippen LogP contribution in [-0.2, 0) is 9.84 Å². The number of aromatic nitrogens is 1. The number of nitrogens with two attached hydrogens (primary N) is 1. The smallest absolute Gasteiger partial charge is 0.257 e. The van der Waals surface area contributed by atoms with E-state index in [4.69, 9.17) is 5.73 Å². The molecule has 1 saturated heterocycles. The third-order valence-corrected chi connectivity index (χ3v) is 4.67. The second-order valence-electron chi connectivity index (χ2n) is 4.38. The van der Waals surface area contributed by atoms with Gasteiger partial charge in [-0.05, 0) is 12.5 Å². The maximum atomic E-state index is 13.1. The molecule has 6 nitrogen and oxygen atoms in total. The Bertz CT molecular complexity index is 603. The standard InChI is InChI=1S/C11H14FN3O3S/c12-8-6-9(10(13)14-7-8)11(16)15-2-1-4-19(17,18)5-3-15/h6-7H,1-5H2,(H2,13,14). The van der Waals surface area contributed by atoms with Crippen molar-refractivity contribution in [3.63, 3.8) is 0 Å². The van der Waals surface area contributed by atoms with Gasteiger partial charge in [0, 0.05) is 13.1 Å². The van der Waals surface area contributed by atoms with Gasteiger partial charge in [-0.15, -0.1) is 0 Å². The molecule has 2 rings (SSSR count). The molecule has 0 unspecified atom stereocenters. The summed E-state index contributed by atoms with van der Waals surface area (Å²) in [6, 6.07) is 1.02. The van der Waals surface area contributed by atoms with Gasteiger partial charge in [0.05, 0.1) is 23.3 Å². The molecule has 2 N–H and O–H groups in total. The van der Waals surface area contributed by atoms with E-state index in [-0.39, 0.29) is 29.4 Å². The van der Waals surface area contributed by atoms with Crippen LogP contribution in [0.5, 0.6) is 0 Å². The molecule has 0 aromatic carbocycles. The van der Waals surface area contributed by atoms with Gasteiger partial charge in [0.25, 0.3) is 5.91 Å². The lowest BCUT2D eigenvalue weighted by molar-refractivity contribution is 0.0768. The third-order valence-electron chi connectivity index (χ3n) is 2.96. The summed E-state index contributed by atoms with van der Waals surface area (Å²) in [7, 11) is -3.10. The highest BCUT2D eigenvalue weighted by Crippen LogP contribution is 2.15. The van der Waals surface area contributed by atoms with Gasteiger partial charge < -0.3 is 10.6 Å². The van der Waals surface area contributed by atoms with Crippen molar-refractivity contribution >= 4 is 21.6 Å². The number of hydrogen-bond donors (Lipinski definition) is 1. The summed E-state index contributed by atoms with van der Waals surface area (Å²) in [5.41, 5.74) is 5.52. The Morgan fingerprint density at radius 2 is 2.11 bits per heavy atom. The molecular formula is C11H14FN3O3S. The van der Waals surface area contributed by atoms with E-state index in [0.717, 1.165) is 12.3 Å². The predicted octanol–water partition coefficient (Wildman–Crippen LogP) is 0.0636. The summed E-state index contributed by atoms with van der Waals surface area (Å²) in [5.74, 6) is -1.21. The van der Waals surface area contributed by atoms with Crippen molar-refractivity contribution in [1.29, 1.82) is 0 Å². The maximum Gasteiger partial charge on any atom is 0.257 e. The quantitative estimate of drug-likeness (QED) is 0.788. The molecule has 8 heteroatoms. The normalized spacial score (nSPS) is 18.9. The highest BCUT2D eigenvalue weighted by molar-refractivity contribution is 7.91. The number of halogens is 1. The summed E-state index contributed by atoms with van der Waals surface area (Å²) in [5, 5.41) is 0. The number of hydrogen-bond acceptors (Lipinski definition) is 5. The minimum absolute atomic E-state index is 0.0284. The number of carbonyl (C=O) groups excluding carboxylic acids is 1. The van der Waals surface area contributed by atoms with Crippen LogP contribution in [0.3, 0.4) is 0 Å². The fraction of sp³-hybridized carbons (Fsp3) is 0.455. The van der Waals surface area contributed by atoms with Crippen molar-refractivity contribution < 1.29 is 17.6 Å². The molecule has 0 saturated carbocycles. The first kappa shape index (κ1) is 13.7. The Morgan fingerprint density at radius 3 is 2.84 bits per heavy atom. The first-order valence-corrected chi connectivity index (χ1v) is 7.62. The molecule has 104 valence electrons. The summed E-state index contributed by atoms with van der Waals surface area (Å²) in [4.78, 5) is 17.1. The molecule has 1 aromatic rings. The number of amides is 1. The van der Waals surface area contributed by atoms with Gasteiger partial charge in [0.2, 0.25) is 0 Å². The van der Waals surface area contributed by atoms with E-state index in [1.54, 1.807) is 0 Å². The van der Waals surface area contributed by atoms with Crippen molar-refractivity contribution in [3.05, 3.63) is 23.6 Å². The minimum atomic E-state index is -3.10. The van der Waals surface area contributed by atoms with E-state index in [0.29, 0.717) is 13.0 Å². The molecule has 1 aliphatic rings. The number of nitrogens with zero attached hydrogens (tertiary/aromatic N) is 2. The first-order chi connectivity index (χ1) is 8.89. The van der Waals surface area contributed by atoms with Crippen LogP contribution >= 0.6 is 0 Å². The zero-order chi connectivity index (χ0) is 14.0. The number of rotatable bonds is 1. The average molecular weight is 287 g/mol. The summed E-state index contributed by atoms with van der Waals surface area (Å²) < 4.78 is 36.0. The Kier molecular flexibility index (Phi) is 3.70. The van der Waals surface area contributed by atoms with Crippen LogP contribution < -0.4 is 5.73 Å². The van der Waals surface area contributed by atoms with E-state index in [1.165, 1.54) is 4.90 Å². The van der Waals surface area contributed by atoms with E-state index in [9.17, 15) is 17.6 Å². The Labute approximate surface area is 110 Å². The summed E-state index contributed by atoms with van der Waals surface area (Å²) >= 11 is 0. The Hall–Kier alpha value is -1.70. The number of anilines is 1. The molecule has 1 amide bonds. The summed E-state index contributed by atoms with van der Waals surface area (Å²) in [6.45, 7) is 0.408. The van der Waals surface area contributed by atoms with Crippen LogP contribution in [-0.4, -0.2) is 48.8 Å². The number of carbonyl (C=O) groups is 1. The third kappa shape index (κ3) is 3.19. The van der Waals surface area contributed by atoms with Gasteiger partial charge in [-0.1, -0.05) is 0 Å². The summed E-state index contributed by atoms with van der Waals surface area (Å²) in [6.07, 6.45) is 1.30. The topological polar surface area (TPSA) is 93.4 Å². The molecular weight excluding hydrogens is 273 g/mol. The molecule has 0 aliphatic carbocycles. The predicted molar refractivity (Wildman–Crippen MR) is 67.8 cm³/mol. The Morgan fingerprint density at radius 1 is 1.37 bits per heavy atom. The Balaban J connectivity index is 2.22. The molecule has 0 radical (unpaired) electrons. The molecule has 1 aliphatic heterocycles. The monoisotopic (exact) mass is 287 g/mol. The number of nitrogen functional groups attached to an aromatic ring is 1. The van der Waals surface area contributed by atoms with Crippen LogP contribution in [0, 0.1) is 5.82 Å². The van der Waals surface area contributed by atoms with Crippen molar-refractivity contribution in [2.45, 2.75) is 6.42 Å². The highest BCUT2D eigenvalue weighted by atomic mass is 32.2. The maximum absolute atomic E-state index is 13.1. The van der Waals surface area contributed by atoms with Crippen molar-refractivity contribution in [3.8, 4) is 0 Å². The van der Waals surface area contributed by atoms with E-state index < -0.39 is 21.6 Å². The largest absolute Gasteiger partial charge is 0.383 e. The lowest BCUT2D eigenvalue weighted by Crippen LogP contribution is -2.34. The molecule has 19 heavy (non-hydrogen) atoms. The van der Waals surface area contributed by atoms with Gasteiger partial charge in [0.15, 0.2) is 9.84 Å². The number of sulfone groups is 1. The number of pyridine rings is 1. The van der Waals surface area contributed by atoms with Gasteiger partial charge in [0.1, 0.15) is 11.6 Å². The highest BCUT2D eigenvalue weighted by Gasteiger charge is 2.25. The molecule has 0 spiro atoms. The fourth-order valence-electron chi connectivity index (χ4n) is 1.93. The molecule has 2 heterocycles. The van der Waals surface area contributed by atoms with Gasteiger partial charge in [-0.3, -0.25) is 4.79 Å². The van der Waals surface area contributed by atoms with E-state index >= 15 is 0 Å². The molecule has 0 atom stereocenters. The fourth-order valence-corrected chi connectivity index (χ4v) is 3.20. The second-order valence-corrected chi connectivity index (χ2v) is 6.69. The van der Waals surface area contributed by atoms with Crippen LogP contribution in [0.25, 0.3) is 0 Å². The van der Waals surface area contributed by atoms with Crippen LogP contribution in [0.15, 0.2) is 12.3 Å². The van der Waals surface area contributed by atoms with E-state index in [2.05, 4.69) is 4.98 Å². The van der Waals surface area contributed by atoms with Gasteiger partial charge in [-0.2, -0.15) is 0 Å². The van der Waals surface area contributed by atoms with Crippen LogP contribution in [0.2, 0.25) is 0 Å².